The van der Waals surface area contributed by atoms with Crippen molar-refractivity contribution in [3.8, 4) is 17.5 Å². The SMILES string of the molecule is Cn1cnnc1-c1ccccc1NCc1ccc(C#N)o1. The molecule has 0 aliphatic heterocycles. The van der Waals surface area contributed by atoms with Gasteiger partial charge in [0.2, 0.25) is 5.76 Å². The average molecular weight is 279 g/mol. The molecule has 0 amide bonds. The Kier molecular flexibility index (Phi) is 3.39. The van der Waals surface area contributed by atoms with Crippen molar-refractivity contribution in [2.75, 3.05) is 5.32 Å². The zero-order valence-electron chi connectivity index (χ0n) is 11.4. The molecule has 21 heavy (non-hydrogen) atoms. The Labute approximate surface area is 121 Å². The molecule has 0 atom stereocenters. The lowest BCUT2D eigenvalue weighted by atomic mass is 10.1. The maximum atomic E-state index is 8.75. The van der Waals surface area contributed by atoms with Crippen molar-refractivity contribution in [3.05, 3.63) is 54.2 Å². The Bertz CT molecular complexity index is 796. The van der Waals surface area contributed by atoms with Crippen molar-refractivity contribution in [2.24, 2.45) is 7.05 Å². The predicted molar refractivity (Wildman–Crippen MR) is 77.2 cm³/mol. The fourth-order valence-corrected chi connectivity index (χ4v) is 2.07. The number of benzene rings is 1. The van der Waals surface area contributed by atoms with Gasteiger partial charge in [0.15, 0.2) is 5.82 Å². The van der Waals surface area contributed by atoms with Crippen molar-refractivity contribution in [1.29, 1.82) is 5.26 Å². The van der Waals surface area contributed by atoms with E-state index in [4.69, 9.17) is 9.68 Å². The lowest BCUT2D eigenvalue weighted by Gasteiger charge is -2.10. The predicted octanol–water partition coefficient (Wildman–Crippen LogP) is 2.56. The van der Waals surface area contributed by atoms with E-state index in [0.717, 1.165) is 17.1 Å². The molecule has 0 saturated heterocycles. The molecule has 3 rings (SSSR count). The fourth-order valence-electron chi connectivity index (χ4n) is 2.07. The number of hydrogen-bond acceptors (Lipinski definition) is 5. The van der Waals surface area contributed by atoms with E-state index in [1.54, 1.807) is 18.5 Å². The number of nitrogens with one attached hydrogen (secondary N) is 1. The third-order valence-electron chi connectivity index (χ3n) is 3.10. The van der Waals surface area contributed by atoms with Crippen LogP contribution in [0.3, 0.4) is 0 Å². The molecule has 6 nitrogen and oxygen atoms in total. The van der Waals surface area contributed by atoms with Crippen LogP contribution in [0.2, 0.25) is 0 Å². The summed E-state index contributed by atoms with van der Waals surface area (Å²) in [6, 6.07) is 13.3. The smallest absolute Gasteiger partial charge is 0.203 e. The lowest BCUT2D eigenvalue weighted by Crippen LogP contribution is -2.01. The Balaban J connectivity index is 1.83. The first kappa shape index (κ1) is 12.9. The summed E-state index contributed by atoms with van der Waals surface area (Å²) in [5.74, 6) is 1.81. The van der Waals surface area contributed by atoms with E-state index >= 15 is 0 Å². The van der Waals surface area contributed by atoms with Gasteiger partial charge in [0, 0.05) is 18.3 Å². The van der Waals surface area contributed by atoms with Crippen LogP contribution in [-0.2, 0) is 13.6 Å². The Morgan fingerprint density at radius 3 is 2.86 bits per heavy atom. The first-order chi connectivity index (χ1) is 10.3. The Morgan fingerprint density at radius 2 is 2.14 bits per heavy atom. The first-order valence-electron chi connectivity index (χ1n) is 6.44. The van der Waals surface area contributed by atoms with Crippen molar-refractivity contribution < 1.29 is 4.42 Å². The molecule has 3 aromatic rings. The molecular weight excluding hydrogens is 266 g/mol. The minimum absolute atomic E-state index is 0.313. The Hall–Kier alpha value is -3.07. The number of para-hydroxylation sites is 1. The number of nitrogens with zero attached hydrogens (tertiary/aromatic N) is 4. The van der Waals surface area contributed by atoms with Crippen LogP contribution in [0.1, 0.15) is 11.5 Å². The molecule has 0 unspecified atom stereocenters. The molecule has 104 valence electrons. The number of furan rings is 1. The highest BCUT2D eigenvalue weighted by molar-refractivity contribution is 5.73. The van der Waals surface area contributed by atoms with E-state index < -0.39 is 0 Å². The van der Waals surface area contributed by atoms with Gasteiger partial charge >= 0.3 is 0 Å². The van der Waals surface area contributed by atoms with Crippen molar-refractivity contribution >= 4 is 5.69 Å². The second-order valence-electron chi connectivity index (χ2n) is 4.54. The van der Waals surface area contributed by atoms with Crippen molar-refractivity contribution in [1.82, 2.24) is 14.8 Å². The molecule has 2 aromatic heterocycles. The van der Waals surface area contributed by atoms with Gasteiger partial charge in [-0.2, -0.15) is 5.26 Å². The average Bonchev–Trinajstić information content (AvgIpc) is 3.14. The van der Waals surface area contributed by atoms with Crippen LogP contribution in [0, 0.1) is 11.3 Å². The van der Waals surface area contributed by atoms with Crippen LogP contribution >= 0.6 is 0 Å². The molecule has 2 heterocycles. The summed E-state index contributed by atoms with van der Waals surface area (Å²) in [7, 11) is 1.90. The van der Waals surface area contributed by atoms with Crippen LogP contribution in [0.5, 0.6) is 0 Å². The second kappa shape index (κ2) is 5.51. The molecule has 0 fully saturated rings. The molecule has 0 spiro atoms. The molecular formula is C15H13N5O. The van der Waals surface area contributed by atoms with Gasteiger partial charge in [0.1, 0.15) is 18.2 Å². The van der Waals surface area contributed by atoms with Crippen LogP contribution in [0.25, 0.3) is 11.4 Å². The number of hydrogen-bond donors (Lipinski definition) is 1. The van der Waals surface area contributed by atoms with E-state index in [-0.39, 0.29) is 0 Å². The number of aryl methyl sites for hydroxylation is 1. The van der Waals surface area contributed by atoms with Gasteiger partial charge in [-0.1, -0.05) is 12.1 Å². The van der Waals surface area contributed by atoms with Gasteiger partial charge in [-0.15, -0.1) is 10.2 Å². The highest BCUT2D eigenvalue weighted by Crippen LogP contribution is 2.26. The molecule has 1 N–H and O–H groups in total. The van der Waals surface area contributed by atoms with Gasteiger partial charge in [-0.25, -0.2) is 0 Å². The van der Waals surface area contributed by atoms with Gasteiger partial charge < -0.3 is 14.3 Å². The summed E-state index contributed by atoms with van der Waals surface area (Å²) in [4.78, 5) is 0. The Morgan fingerprint density at radius 1 is 1.29 bits per heavy atom. The van der Waals surface area contributed by atoms with Gasteiger partial charge in [0.05, 0.1) is 6.54 Å². The molecule has 0 radical (unpaired) electrons. The minimum Gasteiger partial charge on any atom is -0.449 e. The van der Waals surface area contributed by atoms with Gasteiger partial charge in [-0.05, 0) is 24.3 Å². The summed E-state index contributed by atoms with van der Waals surface area (Å²) >= 11 is 0. The summed E-state index contributed by atoms with van der Waals surface area (Å²) in [6.07, 6.45) is 1.66. The van der Waals surface area contributed by atoms with E-state index in [0.29, 0.717) is 18.1 Å². The normalized spacial score (nSPS) is 10.3. The minimum atomic E-state index is 0.313. The maximum absolute atomic E-state index is 8.75. The van der Waals surface area contributed by atoms with E-state index in [2.05, 4.69) is 15.5 Å². The number of nitriles is 1. The number of anilines is 1. The first-order valence-corrected chi connectivity index (χ1v) is 6.44. The third kappa shape index (κ3) is 2.62. The van der Waals surface area contributed by atoms with Crippen LogP contribution in [0.15, 0.2) is 47.1 Å². The largest absolute Gasteiger partial charge is 0.449 e. The highest BCUT2D eigenvalue weighted by Gasteiger charge is 2.10. The summed E-state index contributed by atoms with van der Waals surface area (Å²) in [6.45, 7) is 0.497. The topological polar surface area (TPSA) is 79.7 Å². The molecule has 0 saturated carbocycles. The van der Waals surface area contributed by atoms with Gasteiger partial charge in [-0.3, -0.25) is 0 Å². The van der Waals surface area contributed by atoms with E-state index in [9.17, 15) is 0 Å². The molecule has 6 heteroatoms. The fraction of sp³-hybridized carbons (Fsp3) is 0.133. The lowest BCUT2D eigenvalue weighted by molar-refractivity contribution is 0.506. The molecule has 0 aliphatic carbocycles. The quantitative estimate of drug-likeness (QED) is 0.794. The summed E-state index contributed by atoms with van der Waals surface area (Å²) in [5, 5.41) is 20.1. The highest BCUT2D eigenvalue weighted by atomic mass is 16.3. The molecule has 0 bridgehead atoms. The second-order valence-corrected chi connectivity index (χ2v) is 4.54. The van der Waals surface area contributed by atoms with Crippen LogP contribution in [0.4, 0.5) is 5.69 Å². The van der Waals surface area contributed by atoms with Crippen LogP contribution in [-0.4, -0.2) is 14.8 Å². The third-order valence-corrected chi connectivity index (χ3v) is 3.10. The molecule has 1 aromatic carbocycles. The van der Waals surface area contributed by atoms with Gasteiger partial charge in [0.25, 0.3) is 0 Å². The van der Waals surface area contributed by atoms with E-state index in [1.807, 2.05) is 41.9 Å². The molecule has 0 aliphatic rings. The standard InChI is InChI=1S/C15H13N5O/c1-20-10-18-19-15(20)13-4-2-3-5-14(13)17-9-12-7-6-11(8-16)21-12/h2-7,10,17H,9H2,1H3. The zero-order chi connectivity index (χ0) is 14.7. The van der Waals surface area contributed by atoms with E-state index in [1.165, 1.54) is 0 Å². The summed E-state index contributed by atoms with van der Waals surface area (Å²) in [5.41, 5.74) is 1.90. The summed E-state index contributed by atoms with van der Waals surface area (Å²) < 4.78 is 7.21. The monoisotopic (exact) mass is 279 g/mol. The maximum Gasteiger partial charge on any atom is 0.203 e. The zero-order valence-corrected chi connectivity index (χ0v) is 11.4. The number of rotatable bonds is 4. The number of aromatic nitrogens is 3. The van der Waals surface area contributed by atoms with Crippen molar-refractivity contribution in [3.63, 3.8) is 0 Å². The van der Waals surface area contributed by atoms with Crippen LogP contribution < -0.4 is 5.32 Å². The van der Waals surface area contributed by atoms with Crippen molar-refractivity contribution in [2.45, 2.75) is 6.54 Å².